The van der Waals surface area contributed by atoms with Crippen LogP contribution in [-0.2, 0) is 16.6 Å². The third-order valence-electron chi connectivity index (χ3n) is 6.21. The smallest absolute Gasteiger partial charge is 0.230 e. The van der Waals surface area contributed by atoms with Gasteiger partial charge in [-0.25, -0.2) is 4.98 Å². The van der Waals surface area contributed by atoms with Gasteiger partial charge in [-0.3, -0.25) is 14.0 Å². The molecule has 150 valence electrons. The van der Waals surface area contributed by atoms with Crippen LogP contribution in [0.25, 0.3) is 5.65 Å². The second-order valence-corrected chi connectivity index (χ2v) is 7.98. The minimum Gasteiger partial charge on any atom is -0.336 e. The number of nitrogens with zero attached hydrogens (tertiary/aromatic N) is 6. The summed E-state index contributed by atoms with van der Waals surface area (Å²) in [5.41, 5.74) is 1.44. The van der Waals surface area contributed by atoms with E-state index in [1.807, 2.05) is 40.5 Å². The molecule has 1 N–H and O–H groups in total. The Morgan fingerprint density at radius 3 is 2.69 bits per heavy atom. The van der Waals surface area contributed by atoms with E-state index < -0.39 is 5.92 Å². The fraction of sp³-hybridized carbons (Fsp3) is 0.450. The van der Waals surface area contributed by atoms with E-state index in [0.717, 1.165) is 24.3 Å². The van der Waals surface area contributed by atoms with Crippen LogP contribution in [0.1, 0.15) is 49.3 Å². The molecule has 1 saturated carbocycles. The van der Waals surface area contributed by atoms with Gasteiger partial charge in [0.25, 0.3) is 0 Å². The first kappa shape index (κ1) is 17.8. The van der Waals surface area contributed by atoms with Crippen molar-refractivity contribution >= 4 is 23.1 Å². The maximum atomic E-state index is 13.1. The normalized spacial score (nSPS) is 22.3. The van der Waals surface area contributed by atoms with Gasteiger partial charge in [0.15, 0.2) is 5.65 Å². The Balaban J connectivity index is 1.42. The summed E-state index contributed by atoms with van der Waals surface area (Å²) in [6.45, 7) is 0. The van der Waals surface area contributed by atoms with Crippen LogP contribution in [0, 0.1) is 5.92 Å². The van der Waals surface area contributed by atoms with Gasteiger partial charge in [0.05, 0.1) is 11.6 Å². The lowest BCUT2D eigenvalue weighted by Gasteiger charge is -2.24. The molecular formula is C20H23N7O2. The second-order valence-electron chi connectivity index (χ2n) is 7.98. The van der Waals surface area contributed by atoms with Crippen molar-refractivity contribution in [1.82, 2.24) is 29.0 Å². The molecule has 2 fully saturated rings. The highest BCUT2D eigenvalue weighted by atomic mass is 16.2. The van der Waals surface area contributed by atoms with E-state index in [0.29, 0.717) is 17.4 Å². The van der Waals surface area contributed by atoms with Gasteiger partial charge in [0.1, 0.15) is 17.7 Å². The van der Waals surface area contributed by atoms with Crippen molar-refractivity contribution in [3.05, 3.63) is 42.4 Å². The average Bonchev–Trinajstić information content (AvgIpc) is 3.33. The Morgan fingerprint density at radius 2 is 2.00 bits per heavy atom. The minimum absolute atomic E-state index is 0.0559. The zero-order chi connectivity index (χ0) is 20.1. The summed E-state index contributed by atoms with van der Waals surface area (Å²) >= 11 is 0. The number of amides is 2. The van der Waals surface area contributed by atoms with Gasteiger partial charge in [-0.1, -0.05) is 6.42 Å². The topological polar surface area (TPSA) is 97.4 Å². The maximum absolute atomic E-state index is 13.1. The molecule has 1 saturated heterocycles. The SMILES string of the molecule is CN1C(=O)C[C@H](C(=O)Nc2ccc3nnc(C4CCC4)n3c2)[C@H]1c1nccn1C. The fourth-order valence-corrected chi connectivity index (χ4v) is 4.28. The monoisotopic (exact) mass is 393 g/mol. The lowest BCUT2D eigenvalue weighted by molar-refractivity contribution is -0.128. The first-order valence-corrected chi connectivity index (χ1v) is 9.91. The minimum atomic E-state index is -0.503. The van der Waals surface area contributed by atoms with Gasteiger partial charge in [-0.15, -0.1) is 10.2 Å². The second kappa shape index (κ2) is 6.68. The molecule has 2 atom stereocenters. The molecule has 0 unspecified atom stereocenters. The van der Waals surface area contributed by atoms with E-state index in [9.17, 15) is 9.59 Å². The van der Waals surface area contributed by atoms with E-state index in [1.165, 1.54) is 6.42 Å². The molecule has 4 heterocycles. The van der Waals surface area contributed by atoms with Crippen LogP contribution in [0.3, 0.4) is 0 Å². The number of carbonyl (C=O) groups is 2. The number of carbonyl (C=O) groups excluding carboxylic acids is 2. The maximum Gasteiger partial charge on any atom is 0.230 e. The van der Waals surface area contributed by atoms with Crippen LogP contribution in [0.15, 0.2) is 30.7 Å². The highest BCUT2D eigenvalue weighted by Crippen LogP contribution is 2.37. The number of imidazole rings is 1. The van der Waals surface area contributed by atoms with E-state index in [-0.39, 0.29) is 24.3 Å². The molecule has 3 aromatic rings. The van der Waals surface area contributed by atoms with Gasteiger partial charge < -0.3 is 14.8 Å². The molecule has 0 spiro atoms. The van der Waals surface area contributed by atoms with Gasteiger partial charge >= 0.3 is 0 Å². The number of hydrogen-bond donors (Lipinski definition) is 1. The predicted molar refractivity (Wildman–Crippen MR) is 105 cm³/mol. The van der Waals surface area contributed by atoms with Crippen LogP contribution in [-0.4, -0.2) is 47.9 Å². The fourth-order valence-electron chi connectivity index (χ4n) is 4.28. The molecule has 29 heavy (non-hydrogen) atoms. The van der Waals surface area contributed by atoms with Gasteiger partial charge in [0, 0.05) is 45.0 Å². The highest BCUT2D eigenvalue weighted by molar-refractivity contribution is 5.97. The van der Waals surface area contributed by atoms with E-state index in [4.69, 9.17) is 0 Å². The van der Waals surface area contributed by atoms with Crippen molar-refractivity contribution < 1.29 is 9.59 Å². The Hall–Kier alpha value is -3.23. The molecule has 1 aliphatic carbocycles. The van der Waals surface area contributed by atoms with Gasteiger partial charge in [-0.2, -0.15) is 0 Å². The lowest BCUT2D eigenvalue weighted by atomic mass is 9.85. The van der Waals surface area contributed by atoms with E-state index >= 15 is 0 Å². The first-order valence-electron chi connectivity index (χ1n) is 9.91. The summed E-state index contributed by atoms with van der Waals surface area (Å²) in [7, 11) is 3.60. The van der Waals surface area contributed by atoms with Crippen molar-refractivity contribution in [2.45, 2.75) is 37.6 Å². The summed E-state index contributed by atoms with van der Waals surface area (Å²) in [5, 5.41) is 11.6. The van der Waals surface area contributed by atoms with Crippen molar-refractivity contribution in [3.8, 4) is 0 Å². The molecular weight excluding hydrogens is 370 g/mol. The average molecular weight is 393 g/mol. The molecule has 9 heteroatoms. The molecule has 9 nitrogen and oxygen atoms in total. The molecule has 0 aromatic carbocycles. The number of likely N-dealkylation sites (tertiary alicyclic amines) is 1. The number of fused-ring (bicyclic) bond motifs is 1. The zero-order valence-electron chi connectivity index (χ0n) is 16.4. The lowest BCUT2D eigenvalue weighted by Crippen LogP contribution is -2.31. The molecule has 3 aromatic heterocycles. The number of hydrogen-bond acceptors (Lipinski definition) is 5. The number of aryl methyl sites for hydroxylation is 1. The summed E-state index contributed by atoms with van der Waals surface area (Å²) < 4.78 is 3.82. The molecule has 1 aliphatic heterocycles. The molecule has 0 bridgehead atoms. The van der Waals surface area contributed by atoms with Crippen LogP contribution in [0.4, 0.5) is 5.69 Å². The summed E-state index contributed by atoms with van der Waals surface area (Å²) in [6, 6.07) is 3.29. The van der Waals surface area contributed by atoms with Crippen molar-refractivity contribution in [2.75, 3.05) is 12.4 Å². The summed E-state index contributed by atoms with van der Waals surface area (Å²) in [5.74, 6) is 1.35. The van der Waals surface area contributed by atoms with Crippen molar-refractivity contribution in [3.63, 3.8) is 0 Å². The van der Waals surface area contributed by atoms with Crippen LogP contribution >= 0.6 is 0 Å². The number of rotatable bonds is 4. The molecule has 2 aliphatic rings. The van der Waals surface area contributed by atoms with Crippen LogP contribution < -0.4 is 5.32 Å². The van der Waals surface area contributed by atoms with Crippen LogP contribution in [0.2, 0.25) is 0 Å². The Kier molecular flexibility index (Phi) is 4.11. The van der Waals surface area contributed by atoms with Gasteiger partial charge in [0.2, 0.25) is 11.8 Å². The summed E-state index contributed by atoms with van der Waals surface area (Å²) in [4.78, 5) is 31.4. The van der Waals surface area contributed by atoms with E-state index in [1.54, 1.807) is 18.1 Å². The number of nitrogens with one attached hydrogen (secondary N) is 1. The third kappa shape index (κ3) is 2.88. The third-order valence-corrected chi connectivity index (χ3v) is 6.21. The van der Waals surface area contributed by atoms with Crippen molar-refractivity contribution in [1.29, 1.82) is 0 Å². The molecule has 2 amide bonds. The summed E-state index contributed by atoms with van der Waals surface area (Å²) in [6.07, 6.45) is 9.01. The predicted octanol–water partition coefficient (Wildman–Crippen LogP) is 1.89. The highest BCUT2D eigenvalue weighted by Gasteiger charge is 2.44. The standard InChI is InChI=1S/C20H23N7O2/c1-25-9-8-21-19(25)17-14(10-16(28)26(17)2)20(29)22-13-6-7-15-23-24-18(27(15)11-13)12-4-3-5-12/h6-9,11-12,14,17H,3-5,10H2,1-2H3,(H,22,29)/t14-,17-/m0/s1. The quantitative estimate of drug-likeness (QED) is 0.730. The molecule has 5 rings (SSSR count). The first-order chi connectivity index (χ1) is 14.0. The van der Waals surface area contributed by atoms with Crippen molar-refractivity contribution in [2.24, 2.45) is 13.0 Å². The van der Waals surface area contributed by atoms with Gasteiger partial charge in [-0.05, 0) is 25.0 Å². The molecule has 0 radical (unpaired) electrons. The number of pyridine rings is 1. The zero-order valence-corrected chi connectivity index (χ0v) is 16.4. The Labute approximate surface area is 167 Å². The number of anilines is 1. The number of aromatic nitrogens is 5. The van der Waals surface area contributed by atoms with E-state index in [2.05, 4.69) is 20.5 Å². The Morgan fingerprint density at radius 1 is 1.17 bits per heavy atom. The van der Waals surface area contributed by atoms with Crippen LogP contribution in [0.5, 0.6) is 0 Å². The largest absolute Gasteiger partial charge is 0.336 e. The Bertz CT molecular complexity index is 1100.